The van der Waals surface area contributed by atoms with Gasteiger partial charge in [-0.1, -0.05) is 0 Å². The van der Waals surface area contributed by atoms with Gasteiger partial charge >= 0.3 is 0 Å². The van der Waals surface area contributed by atoms with E-state index in [0.29, 0.717) is 12.1 Å². The number of ether oxygens (including phenoxy) is 1. The minimum absolute atomic E-state index is 0.156. The van der Waals surface area contributed by atoms with Crippen LogP contribution >= 0.6 is 0 Å². The first-order valence-corrected chi connectivity index (χ1v) is 11.2. The highest BCUT2D eigenvalue weighted by Crippen LogP contribution is 2.36. The number of aromatic nitrogens is 4. The zero-order chi connectivity index (χ0) is 20.7. The van der Waals surface area contributed by atoms with Crippen molar-refractivity contribution >= 4 is 11.6 Å². The van der Waals surface area contributed by atoms with Crippen LogP contribution in [0.2, 0.25) is 0 Å². The van der Waals surface area contributed by atoms with Gasteiger partial charge in [-0.25, -0.2) is 9.97 Å². The van der Waals surface area contributed by atoms with Gasteiger partial charge < -0.3 is 19.4 Å². The number of piperidine rings is 1. The Morgan fingerprint density at radius 3 is 2.53 bits per heavy atom. The molecular weight excluding hydrogens is 378 g/mol. The molecule has 0 spiro atoms. The lowest BCUT2D eigenvalue weighted by Gasteiger charge is -2.40. The van der Waals surface area contributed by atoms with Crippen molar-refractivity contribution in [3.63, 3.8) is 0 Å². The van der Waals surface area contributed by atoms with Gasteiger partial charge in [-0.2, -0.15) is 5.10 Å². The van der Waals surface area contributed by atoms with Crippen molar-refractivity contribution in [2.24, 2.45) is 7.05 Å². The molecule has 8 heteroatoms. The summed E-state index contributed by atoms with van der Waals surface area (Å²) in [7, 11) is 6.11. The first-order valence-electron chi connectivity index (χ1n) is 11.2. The molecule has 2 fully saturated rings. The van der Waals surface area contributed by atoms with Crippen molar-refractivity contribution in [2.75, 3.05) is 50.1 Å². The maximum absolute atomic E-state index is 6.12. The Balaban J connectivity index is 1.23. The van der Waals surface area contributed by atoms with Crippen LogP contribution in [0.15, 0.2) is 18.6 Å². The Morgan fingerprint density at radius 1 is 1.07 bits per heavy atom. The third-order valence-electron chi connectivity index (χ3n) is 6.77. The predicted octanol–water partition coefficient (Wildman–Crippen LogP) is 2.02. The fraction of sp³-hybridized carbons (Fsp3) is 0.682. The van der Waals surface area contributed by atoms with Gasteiger partial charge in [0.05, 0.1) is 18.9 Å². The number of hydrogen-bond acceptors (Lipinski definition) is 7. The number of likely N-dealkylation sites (tertiary alicyclic amines) is 1. The molecule has 1 saturated carbocycles. The number of aryl methyl sites for hydroxylation is 1. The third kappa shape index (κ3) is 3.90. The number of fused-ring (bicyclic) bond motifs is 1. The molecular formula is C22H33N7O. The molecule has 2 aromatic rings. The van der Waals surface area contributed by atoms with Gasteiger partial charge in [0, 0.05) is 76.6 Å². The average Bonchev–Trinajstić information content (AvgIpc) is 3.52. The SMILES string of the molecule is CN(C)c1cc(N(C2CC2)C2CCN(CC3OCCc4c3cnn4C)CC2)ncn1. The van der Waals surface area contributed by atoms with Gasteiger partial charge in [-0.3, -0.25) is 4.68 Å². The lowest BCUT2D eigenvalue weighted by atomic mass is 10.00. The summed E-state index contributed by atoms with van der Waals surface area (Å²) in [4.78, 5) is 16.3. The largest absolute Gasteiger partial charge is 0.372 e. The summed E-state index contributed by atoms with van der Waals surface area (Å²) in [5.74, 6) is 2.06. The maximum Gasteiger partial charge on any atom is 0.134 e. The van der Waals surface area contributed by atoms with Crippen LogP contribution < -0.4 is 9.80 Å². The van der Waals surface area contributed by atoms with Crippen LogP contribution in [-0.4, -0.2) is 77.1 Å². The number of nitrogens with zero attached hydrogens (tertiary/aromatic N) is 7. The molecule has 0 N–H and O–H groups in total. The molecule has 2 aromatic heterocycles. The molecule has 162 valence electrons. The van der Waals surface area contributed by atoms with Crippen LogP contribution in [0.25, 0.3) is 0 Å². The minimum atomic E-state index is 0.156. The normalized spacial score (nSPS) is 22.7. The molecule has 0 radical (unpaired) electrons. The molecule has 0 bridgehead atoms. The molecule has 1 atom stereocenters. The Bertz CT molecular complexity index is 870. The second kappa shape index (κ2) is 8.15. The number of anilines is 2. The summed E-state index contributed by atoms with van der Waals surface area (Å²) < 4.78 is 8.13. The van der Waals surface area contributed by atoms with Crippen molar-refractivity contribution in [2.45, 2.75) is 50.3 Å². The summed E-state index contributed by atoms with van der Waals surface area (Å²) >= 11 is 0. The highest BCUT2D eigenvalue weighted by molar-refractivity contribution is 5.51. The van der Waals surface area contributed by atoms with Gasteiger partial charge in [-0.05, 0) is 25.7 Å². The lowest BCUT2D eigenvalue weighted by molar-refractivity contribution is 0.00998. The quantitative estimate of drug-likeness (QED) is 0.721. The summed E-state index contributed by atoms with van der Waals surface area (Å²) in [6.07, 6.45) is 9.73. The van der Waals surface area contributed by atoms with Crippen LogP contribution in [0.4, 0.5) is 11.6 Å². The van der Waals surface area contributed by atoms with E-state index in [9.17, 15) is 0 Å². The molecule has 1 saturated heterocycles. The molecule has 5 rings (SSSR count). The van der Waals surface area contributed by atoms with E-state index in [-0.39, 0.29) is 6.10 Å². The topological polar surface area (TPSA) is 62.6 Å². The van der Waals surface area contributed by atoms with Gasteiger partial charge in [0.25, 0.3) is 0 Å². The molecule has 8 nitrogen and oxygen atoms in total. The van der Waals surface area contributed by atoms with E-state index in [1.165, 1.54) is 36.9 Å². The van der Waals surface area contributed by atoms with Crippen LogP contribution in [0.3, 0.4) is 0 Å². The van der Waals surface area contributed by atoms with Crippen molar-refractivity contribution in [1.82, 2.24) is 24.6 Å². The first kappa shape index (κ1) is 19.8. The van der Waals surface area contributed by atoms with E-state index in [2.05, 4.69) is 35.8 Å². The van der Waals surface area contributed by atoms with Crippen molar-refractivity contribution in [3.05, 3.63) is 29.8 Å². The zero-order valence-corrected chi connectivity index (χ0v) is 18.4. The van der Waals surface area contributed by atoms with E-state index in [0.717, 1.165) is 44.3 Å². The van der Waals surface area contributed by atoms with Gasteiger partial charge in [0.1, 0.15) is 18.0 Å². The summed E-state index contributed by atoms with van der Waals surface area (Å²) in [6, 6.07) is 3.34. The van der Waals surface area contributed by atoms with Gasteiger partial charge in [0.2, 0.25) is 0 Å². The third-order valence-corrected chi connectivity index (χ3v) is 6.77. The Hall–Kier alpha value is -2.19. The first-order chi connectivity index (χ1) is 14.6. The Morgan fingerprint density at radius 2 is 1.80 bits per heavy atom. The summed E-state index contributed by atoms with van der Waals surface area (Å²) in [5.41, 5.74) is 2.61. The smallest absolute Gasteiger partial charge is 0.134 e. The van der Waals surface area contributed by atoms with Crippen molar-refractivity contribution < 1.29 is 4.74 Å². The van der Waals surface area contributed by atoms with Gasteiger partial charge in [0.15, 0.2) is 0 Å². The second-order valence-corrected chi connectivity index (χ2v) is 9.08. The lowest BCUT2D eigenvalue weighted by Crippen LogP contribution is -2.47. The summed E-state index contributed by atoms with van der Waals surface area (Å²) in [5, 5.41) is 4.45. The van der Waals surface area contributed by atoms with Crippen LogP contribution in [0, 0.1) is 0 Å². The molecule has 3 aliphatic rings. The van der Waals surface area contributed by atoms with E-state index < -0.39 is 0 Å². The molecule has 0 aromatic carbocycles. The monoisotopic (exact) mass is 411 g/mol. The Kier molecular flexibility index (Phi) is 5.37. The van der Waals surface area contributed by atoms with Gasteiger partial charge in [-0.15, -0.1) is 0 Å². The minimum Gasteiger partial charge on any atom is -0.372 e. The Labute approximate surface area is 178 Å². The fourth-order valence-electron chi connectivity index (χ4n) is 4.96. The highest BCUT2D eigenvalue weighted by atomic mass is 16.5. The standard InChI is InChI=1S/C22H33N7O/c1-26(2)21-12-22(24-15-23-21)29(16-4-5-16)17-6-9-28(10-7-17)14-20-18-13-25-27(3)19(18)8-11-30-20/h12-13,15-17,20H,4-11,14H2,1-3H3. The maximum atomic E-state index is 6.12. The number of hydrogen-bond donors (Lipinski definition) is 0. The molecule has 2 aliphatic heterocycles. The van der Waals surface area contributed by atoms with E-state index >= 15 is 0 Å². The number of rotatable bonds is 6. The van der Waals surface area contributed by atoms with Crippen molar-refractivity contribution in [1.29, 1.82) is 0 Å². The van der Waals surface area contributed by atoms with Crippen LogP contribution in [0.1, 0.15) is 43.0 Å². The predicted molar refractivity (Wildman–Crippen MR) is 117 cm³/mol. The highest BCUT2D eigenvalue weighted by Gasteiger charge is 2.37. The van der Waals surface area contributed by atoms with Crippen LogP contribution in [-0.2, 0) is 18.2 Å². The fourth-order valence-corrected chi connectivity index (χ4v) is 4.96. The van der Waals surface area contributed by atoms with Crippen molar-refractivity contribution in [3.8, 4) is 0 Å². The van der Waals surface area contributed by atoms with E-state index in [1.807, 2.05) is 32.0 Å². The van der Waals surface area contributed by atoms with E-state index in [1.54, 1.807) is 6.33 Å². The second-order valence-electron chi connectivity index (χ2n) is 9.08. The zero-order valence-electron chi connectivity index (χ0n) is 18.4. The molecule has 30 heavy (non-hydrogen) atoms. The molecule has 0 amide bonds. The molecule has 1 unspecified atom stereocenters. The van der Waals surface area contributed by atoms with E-state index in [4.69, 9.17) is 4.74 Å². The van der Waals surface area contributed by atoms with Crippen LogP contribution in [0.5, 0.6) is 0 Å². The average molecular weight is 412 g/mol. The summed E-state index contributed by atoms with van der Waals surface area (Å²) in [6.45, 7) is 3.97. The molecule has 4 heterocycles. The molecule has 1 aliphatic carbocycles.